The minimum absolute atomic E-state index is 0.0605. The fourth-order valence-corrected chi connectivity index (χ4v) is 3.51. The Balaban J connectivity index is 2.12. The molecule has 1 aromatic heterocycles. The van der Waals surface area contributed by atoms with Crippen LogP contribution < -0.4 is 14.9 Å². The average molecular weight is 358 g/mol. The van der Waals surface area contributed by atoms with Crippen molar-refractivity contribution in [3.8, 4) is 17.0 Å². The fourth-order valence-electron chi connectivity index (χ4n) is 2.61. The van der Waals surface area contributed by atoms with Gasteiger partial charge in [-0.05, 0) is 38.0 Å². The first kappa shape index (κ1) is 17.4. The second kappa shape index (κ2) is 7.65. The molecule has 0 atom stereocenters. The van der Waals surface area contributed by atoms with Gasteiger partial charge >= 0.3 is 0 Å². The molecule has 6 nitrogen and oxygen atoms in total. The van der Waals surface area contributed by atoms with Gasteiger partial charge in [0.2, 0.25) is 4.80 Å². The number of amides is 1. The molecule has 0 unspecified atom stereocenters. The number of carbonyl (C=O) groups is 1. The lowest BCUT2D eigenvalue weighted by atomic mass is 10.1. The predicted octanol–water partition coefficient (Wildman–Crippen LogP) is 3.49. The lowest BCUT2D eigenvalue weighted by Crippen LogP contribution is -2.25. The highest BCUT2D eigenvalue weighted by Gasteiger charge is 2.17. The molecule has 2 aromatic rings. The van der Waals surface area contributed by atoms with Gasteiger partial charge in [-0.2, -0.15) is 5.10 Å². The number of benzene rings is 1. The SMILES string of the molecule is CCN=c1scc(-c2ccc3c(c2)NC(=O)CO3)n1N=C(CC)CC. The number of ether oxygens (including phenoxy) is 1. The smallest absolute Gasteiger partial charge is 0.262 e. The van der Waals surface area contributed by atoms with Crippen molar-refractivity contribution in [2.45, 2.75) is 33.6 Å². The molecular formula is C18H22N4O2S. The molecule has 1 amide bonds. The molecular weight excluding hydrogens is 336 g/mol. The van der Waals surface area contributed by atoms with Gasteiger partial charge in [0.1, 0.15) is 5.75 Å². The summed E-state index contributed by atoms with van der Waals surface area (Å²) in [5.74, 6) is 0.552. The highest BCUT2D eigenvalue weighted by atomic mass is 32.1. The van der Waals surface area contributed by atoms with Crippen molar-refractivity contribution in [1.29, 1.82) is 0 Å². The first-order valence-corrected chi connectivity index (χ1v) is 9.39. The molecule has 0 aliphatic carbocycles. The zero-order chi connectivity index (χ0) is 17.8. The summed E-state index contributed by atoms with van der Waals surface area (Å²) in [6, 6.07) is 5.79. The summed E-state index contributed by atoms with van der Waals surface area (Å²) in [6.45, 7) is 7.00. The number of nitrogens with one attached hydrogen (secondary N) is 1. The lowest BCUT2D eigenvalue weighted by molar-refractivity contribution is -0.118. The average Bonchev–Trinajstić information content (AvgIpc) is 3.01. The Morgan fingerprint density at radius 3 is 2.84 bits per heavy atom. The molecule has 1 aliphatic heterocycles. The van der Waals surface area contributed by atoms with Gasteiger partial charge in [0.05, 0.1) is 11.4 Å². The zero-order valence-corrected chi connectivity index (χ0v) is 15.5. The Morgan fingerprint density at radius 2 is 2.12 bits per heavy atom. The first-order valence-electron chi connectivity index (χ1n) is 8.51. The largest absolute Gasteiger partial charge is 0.482 e. The molecule has 0 saturated carbocycles. The van der Waals surface area contributed by atoms with Crippen LogP contribution in [0.3, 0.4) is 0 Å². The van der Waals surface area contributed by atoms with E-state index in [1.54, 1.807) is 11.3 Å². The van der Waals surface area contributed by atoms with Crippen LogP contribution in [-0.2, 0) is 4.79 Å². The quantitative estimate of drug-likeness (QED) is 0.831. The molecule has 0 spiro atoms. The highest BCUT2D eigenvalue weighted by Crippen LogP contribution is 2.32. The van der Waals surface area contributed by atoms with Crippen molar-refractivity contribution in [3.63, 3.8) is 0 Å². The van der Waals surface area contributed by atoms with Gasteiger partial charge < -0.3 is 10.1 Å². The van der Waals surface area contributed by atoms with E-state index < -0.39 is 0 Å². The van der Waals surface area contributed by atoms with Crippen LogP contribution in [0.2, 0.25) is 0 Å². The first-order chi connectivity index (χ1) is 12.2. The number of carbonyl (C=O) groups excluding carboxylic acids is 1. The second-order valence-electron chi connectivity index (χ2n) is 5.61. The maximum atomic E-state index is 11.6. The van der Waals surface area contributed by atoms with Gasteiger partial charge in [0.15, 0.2) is 6.61 Å². The van der Waals surface area contributed by atoms with Crippen molar-refractivity contribution < 1.29 is 9.53 Å². The molecule has 0 fully saturated rings. The minimum Gasteiger partial charge on any atom is -0.482 e. The zero-order valence-electron chi connectivity index (χ0n) is 14.7. The molecule has 2 heterocycles. The van der Waals surface area contributed by atoms with Gasteiger partial charge in [0, 0.05) is 23.2 Å². The molecule has 1 aromatic carbocycles. The van der Waals surface area contributed by atoms with Gasteiger partial charge in [-0.25, -0.2) is 4.68 Å². The van der Waals surface area contributed by atoms with Crippen molar-refractivity contribution in [2.24, 2.45) is 10.1 Å². The van der Waals surface area contributed by atoms with Gasteiger partial charge in [-0.3, -0.25) is 9.79 Å². The van der Waals surface area contributed by atoms with Crippen molar-refractivity contribution in [3.05, 3.63) is 28.4 Å². The number of anilines is 1. The molecule has 1 N–H and O–H groups in total. The second-order valence-corrected chi connectivity index (χ2v) is 6.45. The number of aromatic nitrogens is 1. The third-order valence-electron chi connectivity index (χ3n) is 3.94. The number of fused-ring (bicyclic) bond motifs is 1. The Bertz CT molecular complexity index is 873. The maximum Gasteiger partial charge on any atom is 0.262 e. The normalized spacial score (nSPS) is 13.9. The molecule has 7 heteroatoms. The summed E-state index contributed by atoms with van der Waals surface area (Å²) in [4.78, 5) is 17.0. The molecule has 132 valence electrons. The minimum atomic E-state index is -0.137. The van der Waals surface area contributed by atoms with E-state index in [2.05, 4.69) is 24.2 Å². The fraction of sp³-hybridized carbons (Fsp3) is 0.389. The molecule has 25 heavy (non-hydrogen) atoms. The predicted molar refractivity (Wildman–Crippen MR) is 101 cm³/mol. The number of hydrogen-bond donors (Lipinski definition) is 1. The molecule has 0 saturated heterocycles. The van der Waals surface area contributed by atoms with Gasteiger partial charge in [0.25, 0.3) is 5.91 Å². The van der Waals surface area contributed by atoms with E-state index in [9.17, 15) is 4.79 Å². The van der Waals surface area contributed by atoms with Crippen molar-refractivity contribution >= 4 is 28.6 Å². The summed E-state index contributed by atoms with van der Waals surface area (Å²) in [7, 11) is 0. The third-order valence-corrected chi connectivity index (χ3v) is 4.80. The van der Waals surface area contributed by atoms with Crippen LogP contribution in [0, 0.1) is 0 Å². The Labute approximate surface area is 150 Å². The van der Waals surface area contributed by atoms with Gasteiger partial charge in [-0.15, -0.1) is 11.3 Å². The van der Waals surface area contributed by atoms with E-state index in [1.165, 1.54) is 0 Å². The van der Waals surface area contributed by atoms with Crippen molar-refractivity contribution in [1.82, 2.24) is 4.68 Å². The molecule has 3 rings (SSSR count). The number of rotatable bonds is 5. The van der Waals surface area contributed by atoms with Gasteiger partial charge in [-0.1, -0.05) is 13.8 Å². The van der Waals surface area contributed by atoms with E-state index in [-0.39, 0.29) is 12.5 Å². The maximum absolute atomic E-state index is 11.6. The summed E-state index contributed by atoms with van der Waals surface area (Å²) in [5.41, 5.74) is 3.73. The number of thiazole rings is 1. The van der Waals surface area contributed by atoms with E-state index in [1.807, 2.05) is 35.2 Å². The van der Waals surface area contributed by atoms with Crippen LogP contribution in [0.15, 0.2) is 33.7 Å². The third kappa shape index (κ3) is 3.66. The Hall–Kier alpha value is -2.41. The Morgan fingerprint density at radius 1 is 1.32 bits per heavy atom. The van der Waals surface area contributed by atoms with E-state index in [0.717, 1.165) is 34.6 Å². The topological polar surface area (TPSA) is 68.0 Å². The summed E-state index contributed by atoms with van der Waals surface area (Å²) in [5, 5.41) is 9.71. The van der Waals surface area contributed by atoms with Crippen LogP contribution in [0.5, 0.6) is 5.75 Å². The van der Waals surface area contributed by atoms with E-state index in [4.69, 9.17) is 9.84 Å². The summed E-state index contributed by atoms with van der Waals surface area (Å²) in [6.07, 6.45) is 1.80. The van der Waals surface area contributed by atoms with Crippen LogP contribution in [0.25, 0.3) is 11.3 Å². The van der Waals surface area contributed by atoms with Crippen LogP contribution in [0.4, 0.5) is 5.69 Å². The molecule has 0 radical (unpaired) electrons. The van der Waals surface area contributed by atoms with Crippen LogP contribution in [0.1, 0.15) is 33.6 Å². The lowest BCUT2D eigenvalue weighted by Gasteiger charge is -2.18. The van der Waals surface area contributed by atoms with Crippen LogP contribution >= 0.6 is 11.3 Å². The standard InChI is InChI=1S/C18H22N4O2S/c1-4-13(5-2)21-22-15(11-25-18(22)19-6-3)12-7-8-16-14(9-12)20-17(23)10-24-16/h7-9,11H,4-6,10H2,1-3H3,(H,20,23). The number of hydrogen-bond acceptors (Lipinski definition) is 5. The van der Waals surface area contributed by atoms with Crippen LogP contribution in [-0.4, -0.2) is 29.4 Å². The monoisotopic (exact) mass is 358 g/mol. The van der Waals surface area contributed by atoms with E-state index in [0.29, 0.717) is 18.0 Å². The summed E-state index contributed by atoms with van der Waals surface area (Å²) < 4.78 is 7.34. The number of nitrogens with zero attached hydrogens (tertiary/aromatic N) is 3. The molecule has 0 bridgehead atoms. The van der Waals surface area contributed by atoms with Crippen molar-refractivity contribution in [2.75, 3.05) is 18.5 Å². The Kier molecular flexibility index (Phi) is 5.33. The van der Waals surface area contributed by atoms with E-state index >= 15 is 0 Å². The highest BCUT2D eigenvalue weighted by molar-refractivity contribution is 7.07. The summed E-state index contributed by atoms with van der Waals surface area (Å²) >= 11 is 1.57. The molecule has 1 aliphatic rings.